The van der Waals surface area contributed by atoms with Crippen molar-refractivity contribution in [2.45, 2.75) is 74.1 Å². The quantitative estimate of drug-likeness (QED) is 0.287. The first-order valence-corrected chi connectivity index (χ1v) is 13.1. The van der Waals surface area contributed by atoms with E-state index in [1.807, 2.05) is 42.5 Å². The number of allylic oxidation sites excluding steroid dienone is 2. The Morgan fingerprint density at radius 1 is 1.06 bits per heavy atom. The maximum absolute atomic E-state index is 13.5. The molecule has 180 valence electrons. The third-order valence-corrected chi connectivity index (χ3v) is 9.04. The van der Waals surface area contributed by atoms with Gasteiger partial charge in [0.25, 0.3) is 5.91 Å². The lowest BCUT2D eigenvalue weighted by atomic mass is 9.42. The molecule has 0 saturated heterocycles. The maximum atomic E-state index is 13.5. The Labute approximate surface area is 207 Å². The molecule has 1 amide bonds. The zero-order valence-corrected chi connectivity index (χ0v) is 20.9. The van der Waals surface area contributed by atoms with E-state index in [9.17, 15) is 9.59 Å². The van der Waals surface area contributed by atoms with Crippen LogP contribution in [0.5, 0.6) is 0 Å². The lowest BCUT2D eigenvalue weighted by Crippen LogP contribution is -2.72. The number of hydrogen-bond acceptors (Lipinski definition) is 3. The summed E-state index contributed by atoms with van der Waals surface area (Å²) in [5, 5.41) is 12.3. The Bertz CT molecular complexity index is 1050. The van der Waals surface area contributed by atoms with Crippen LogP contribution in [0.4, 0.5) is 0 Å². The zero-order chi connectivity index (χ0) is 24.2. The van der Waals surface area contributed by atoms with E-state index in [1.54, 1.807) is 11.8 Å². The standard InChI is InChI=1S/C29H35NO3S/c1-28(2)22-18-21(12-6-3-4-9-17-26(31)32)19-29(28,20-22)30-27(33)24-15-10-11-16-25(24)34-23-13-7-5-8-14-23/h3,5-8,10-11,13-16,21-22H,4,9,12,17-20H2,1-2H3,(H,30,33)(H,31,32)/b6-3-. The molecule has 3 aliphatic rings. The smallest absolute Gasteiger partial charge is 0.303 e. The van der Waals surface area contributed by atoms with Crippen LogP contribution in [0, 0.1) is 17.3 Å². The van der Waals surface area contributed by atoms with Gasteiger partial charge in [-0.15, -0.1) is 0 Å². The van der Waals surface area contributed by atoms with E-state index in [1.165, 1.54) is 6.42 Å². The number of unbranched alkanes of at least 4 members (excludes halogenated alkanes) is 1. The number of hydrogen-bond donors (Lipinski definition) is 2. The summed E-state index contributed by atoms with van der Waals surface area (Å²) in [7, 11) is 0. The van der Waals surface area contributed by atoms with Crippen molar-refractivity contribution in [3.8, 4) is 0 Å². The average molecular weight is 478 g/mol. The van der Waals surface area contributed by atoms with E-state index >= 15 is 0 Å². The fourth-order valence-electron chi connectivity index (χ4n) is 5.77. The summed E-state index contributed by atoms with van der Waals surface area (Å²) < 4.78 is 0. The van der Waals surface area contributed by atoms with Gasteiger partial charge in [0.2, 0.25) is 0 Å². The second kappa shape index (κ2) is 10.4. The Hall–Kier alpha value is -2.53. The molecule has 5 heteroatoms. The van der Waals surface area contributed by atoms with Crippen molar-refractivity contribution < 1.29 is 14.7 Å². The van der Waals surface area contributed by atoms with Crippen LogP contribution in [-0.4, -0.2) is 22.5 Å². The van der Waals surface area contributed by atoms with Crippen molar-refractivity contribution >= 4 is 23.6 Å². The van der Waals surface area contributed by atoms with Crippen LogP contribution >= 0.6 is 11.8 Å². The lowest BCUT2D eigenvalue weighted by Gasteiger charge is -2.67. The number of carbonyl (C=O) groups is 2. The fraction of sp³-hybridized carbons (Fsp3) is 0.448. The Morgan fingerprint density at radius 2 is 1.79 bits per heavy atom. The molecule has 0 radical (unpaired) electrons. The van der Waals surface area contributed by atoms with Crippen molar-refractivity contribution in [3.63, 3.8) is 0 Å². The number of fused-ring (bicyclic) bond motifs is 2. The molecule has 3 unspecified atom stereocenters. The van der Waals surface area contributed by atoms with E-state index in [2.05, 4.69) is 43.4 Å². The van der Waals surface area contributed by atoms with Crippen LogP contribution in [-0.2, 0) is 4.79 Å². The van der Waals surface area contributed by atoms with Crippen molar-refractivity contribution in [3.05, 3.63) is 72.3 Å². The Kier molecular flexibility index (Phi) is 7.51. The van der Waals surface area contributed by atoms with Gasteiger partial charge in [-0.2, -0.15) is 0 Å². The summed E-state index contributed by atoms with van der Waals surface area (Å²) in [6.07, 6.45) is 10.3. The highest BCUT2D eigenvalue weighted by molar-refractivity contribution is 7.99. The second-order valence-corrected chi connectivity index (χ2v) is 11.5. The summed E-state index contributed by atoms with van der Waals surface area (Å²) in [5.74, 6) is 0.470. The fourth-order valence-corrected chi connectivity index (χ4v) is 6.73. The van der Waals surface area contributed by atoms with Crippen LogP contribution < -0.4 is 5.32 Å². The Morgan fingerprint density at radius 3 is 2.53 bits per heavy atom. The molecular formula is C29H35NO3S. The van der Waals surface area contributed by atoms with Gasteiger partial charge in [0.1, 0.15) is 0 Å². The van der Waals surface area contributed by atoms with Gasteiger partial charge in [-0.25, -0.2) is 0 Å². The van der Waals surface area contributed by atoms with Crippen LogP contribution in [0.3, 0.4) is 0 Å². The third-order valence-electron chi connectivity index (χ3n) is 7.96. The molecule has 0 spiro atoms. The summed E-state index contributed by atoms with van der Waals surface area (Å²) in [6, 6.07) is 18.1. The molecule has 2 aromatic carbocycles. The number of carbonyl (C=O) groups excluding carboxylic acids is 1. The minimum atomic E-state index is -0.732. The number of aliphatic carboxylic acids is 1. The Balaban J connectivity index is 1.42. The van der Waals surface area contributed by atoms with Gasteiger partial charge < -0.3 is 10.4 Å². The molecule has 3 aliphatic carbocycles. The number of nitrogens with one attached hydrogen (secondary N) is 1. The van der Waals surface area contributed by atoms with Crippen LogP contribution in [0.1, 0.15) is 69.2 Å². The highest BCUT2D eigenvalue weighted by Gasteiger charge is 2.64. The molecule has 2 aromatic rings. The normalized spacial score (nSPS) is 25.0. The van der Waals surface area contributed by atoms with Crippen LogP contribution in [0.2, 0.25) is 0 Å². The summed E-state index contributed by atoms with van der Waals surface area (Å²) in [6.45, 7) is 4.62. The second-order valence-electron chi connectivity index (χ2n) is 10.4. The first-order chi connectivity index (χ1) is 16.3. The van der Waals surface area contributed by atoms with Gasteiger partial charge in [0.15, 0.2) is 0 Å². The predicted octanol–water partition coefficient (Wildman–Crippen LogP) is 6.96. The van der Waals surface area contributed by atoms with Gasteiger partial charge in [0.05, 0.1) is 5.56 Å². The molecule has 4 nitrogen and oxygen atoms in total. The van der Waals surface area contributed by atoms with Gasteiger partial charge in [0, 0.05) is 21.8 Å². The number of benzene rings is 2. The van der Waals surface area contributed by atoms with Crippen LogP contribution in [0.25, 0.3) is 0 Å². The van der Waals surface area contributed by atoms with E-state index in [0.717, 1.165) is 41.0 Å². The molecule has 3 saturated carbocycles. The number of carboxylic acid groups (broad SMARTS) is 1. The molecular weight excluding hydrogens is 442 g/mol. The lowest BCUT2D eigenvalue weighted by molar-refractivity contribution is -0.137. The minimum absolute atomic E-state index is 0.0235. The molecule has 34 heavy (non-hydrogen) atoms. The number of carboxylic acids is 1. The summed E-state index contributed by atoms with van der Waals surface area (Å²) in [4.78, 5) is 26.3. The minimum Gasteiger partial charge on any atom is -0.481 e. The van der Waals surface area contributed by atoms with Crippen molar-refractivity contribution in [1.29, 1.82) is 0 Å². The highest BCUT2D eigenvalue weighted by atomic mass is 32.2. The van der Waals surface area contributed by atoms with Crippen molar-refractivity contribution in [2.75, 3.05) is 0 Å². The van der Waals surface area contributed by atoms with E-state index in [0.29, 0.717) is 18.3 Å². The molecule has 2 bridgehead atoms. The van der Waals surface area contributed by atoms with E-state index in [4.69, 9.17) is 5.11 Å². The van der Waals surface area contributed by atoms with E-state index in [-0.39, 0.29) is 23.3 Å². The monoisotopic (exact) mass is 477 g/mol. The molecule has 2 N–H and O–H groups in total. The van der Waals surface area contributed by atoms with Gasteiger partial charge in [-0.3, -0.25) is 9.59 Å². The largest absolute Gasteiger partial charge is 0.481 e. The van der Waals surface area contributed by atoms with Gasteiger partial charge in [-0.1, -0.05) is 68.1 Å². The zero-order valence-electron chi connectivity index (χ0n) is 20.1. The molecule has 0 aliphatic heterocycles. The van der Waals surface area contributed by atoms with Crippen molar-refractivity contribution in [1.82, 2.24) is 5.32 Å². The van der Waals surface area contributed by atoms with Crippen LogP contribution in [0.15, 0.2) is 76.5 Å². The molecule has 0 aromatic heterocycles. The van der Waals surface area contributed by atoms with Crippen molar-refractivity contribution in [2.24, 2.45) is 17.3 Å². The predicted molar refractivity (Wildman–Crippen MR) is 137 cm³/mol. The summed E-state index contributed by atoms with van der Waals surface area (Å²) >= 11 is 1.63. The van der Waals surface area contributed by atoms with Gasteiger partial charge in [-0.05, 0) is 80.0 Å². The molecule has 3 fully saturated rings. The average Bonchev–Trinajstić information content (AvgIpc) is 2.82. The maximum Gasteiger partial charge on any atom is 0.303 e. The first kappa shape index (κ1) is 24.6. The van der Waals surface area contributed by atoms with E-state index < -0.39 is 5.97 Å². The molecule has 3 atom stereocenters. The topological polar surface area (TPSA) is 66.4 Å². The SMILES string of the molecule is CC1(C)C2CC(C/C=C\CCCC(=O)O)CC1(NC(=O)c1ccccc1Sc1ccccc1)C2. The molecule has 0 heterocycles. The number of amides is 1. The van der Waals surface area contributed by atoms with Gasteiger partial charge >= 0.3 is 5.97 Å². The first-order valence-electron chi connectivity index (χ1n) is 12.3. The third kappa shape index (κ3) is 5.25. The highest BCUT2D eigenvalue weighted by Crippen LogP contribution is 2.63. The summed E-state index contributed by atoms with van der Waals surface area (Å²) in [5.41, 5.74) is 0.663. The number of rotatable bonds is 10. The molecule has 5 rings (SSSR count).